The summed E-state index contributed by atoms with van der Waals surface area (Å²) in [4.78, 5) is 12.5. The van der Waals surface area contributed by atoms with E-state index in [1.807, 2.05) is 18.2 Å². The average Bonchev–Trinajstić information content (AvgIpc) is 2.50. The highest BCUT2D eigenvalue weighted by Crippen LogP contribution is 2.21. The van der Waals surface area contributed by atoms with Gasteiger partial charge in [-0.3, -0.25) is 4.79 Å². The minimum atomic E-state index is 0.0782. The molecule has 2 aromatic rings. The first-order valence-electron chi connectivity index (χ1n) is 8.36. The number of aryl methyl sites for hydroxylation is 2. The fourth-order valence-corrected chi connectivity index (χ4v) is 2.90. The molecule has 0 saturated carbocycles. The van der Waals surface area contributed by atoms with E-state index in [1.54, 1.807) is 0 Å². The van der Waals surface area contributed by atoms with Crippen LogP contribution in [0.15, 0.2) is 48.5 Å². The van der Waals surface area contributed by atoms with Crippen LogP contribution in [0.25, 0.3) is 0 Å². The maximum atomic E-state index is 12.5. The van der Waals surface area contributed by atoms with Crippen LogP contribution in [-0.4, -0.2) is 5.91 Å². The summed E-state index contributed by atoms with van der Waals surface area (Å²) in [6, 6.07) is 16.6. The fourth-order valence-electron chi connectivity index (χ4n) is 2.90. The van der Waals surface area contributed by atoms with Gasteiger partial charge in [-0.15, -0.1) is 0 Å². The number of hydrogen-bond acceptors (Lipinski definition) is 1. The molecule has 0 bridgehead atoms. The Morgan fingerprint density at radius 1 is 1.04 bits per heavy atom. The van der Waals surface area contributed by atoms with Gasteiger partial charge in [0.05, 0.1) is 12.5 Å². The molecule has 23 heavy (non-hydrogen) atoms. The largest absolute Gasteiger partial charge is 0.349 e. The Kier molecular flexibility index (Phi) is 5.97. The van der Waals surface area contributed by atoms with Crippen LogP contribution in [0.3, 0.4) is 0 Å². The van der Waals surface area contributed by atoms with E-state index < -0.39 is 0 Å². The van der Waals surface area contributed by atoms with Crippen molar-refractivity contribution >= 4 is 5.91 Å². The Balaban J connectivity index is 2.08. The number of carbonyl (C=O) groups is 1. The van der Waals surface area contributed by atoms with Gasteiger partial charge in [0, 0.05) is 0 Å². The van der Waals surface area contributed by atoms with E-state index in [4.69, 9.17) is 0 Å². The van der Waals surface area contributed by atoms with Gasteiger partial charge in [0.1, 0.15) is 0 Å². The van der Waals surface area contributed by atoms with Crippen molar-refractivity contribution in [2.24, 2.45) is 5.92 Å². The third kappa shape index (κ3) is 5.24. The zero-order valence-electron chi connectivity index (χ0n) is 14.6. The first kappa shape index (κ1) is 17.3. The van der Waals surface area contributed by atoms with Gasteiger partial charge in [0.25, 0.3) is 0 Å². The Morgan fingerprint density at radius 2 is 1.74 bits per heavy atom. The maximum absolute atomic E-state index is 12.5. The van der Waals surface area contributed by atoms with E-state index in [-0.39, 0.29) is 11.9 Å². The number of benzene rings is 2. The van der Waals surface area contributed by atoms with E-state index in [1.165, 1.54) is 16.7 Å². The fraction of sp³-hybridized carbons (Fsp3) is 0.381. The van der Waals surface area contributed by atoms with Crippen molar-refractivity contribution in [2.75, 3.05) is 0 Å². The highest BCUT2D eigenvalue weighted by molar-refractivity contribution is 5.79. The summed E-state index contributed by atoms with van der Waals surface area (Å²) in [7, 11) is 0. The normalized spacial score (nSPS) is 12.2. The van der Waals surface area contributed by atoms with Crippen molar-refractivity contribution < 1.29 is 4.79 Å². The predicted octanol–water partition coefficient (Wildman–Crippen LogP) is 4.75. The van der Waals surface area contributed by atoms with E-state index in [0.717, 1.165) is 12.0 Å². The van der Waals surface area contributed by atoms with Crippen LogP contribution in [0.1, 0.15) is 48.6 Å². The summed E-state index contributed by atoms with van der Waals surface area (Å²) >= 11 is 0. The average molecular weight is 309 g/mol. The third-order valence-corrected chi connectivity index (χ3v) is 4.09. The molecule has 1 amide bonds. The van der Waals surface area contributed by atoms with Crippen LogP contribution >= 0.6 is 0 Å². The monoisotopic (exact) mass is 309 g/mol. The summed E-state index contributed by atoms with van der Waals surface area (Å²) in [6.07, 6.45) is 1.39. The number of hydrogen-bond donors (Lipinski definition) is 1. The molecule has 1 unspecified atom stereocenters. The van der Waals surface area contributed by atoms with Crippen molar-refractivity contribution in [3.05, 3.63) is 70.8 Å². The minimum Gasteiger partial charge on any atom is -0.349 e. The molecule has 2 nitrogen and oxygen atoms in total. The van der Waals surface area contributed by atoms with Gasteiger partial charge in [-0.05, 0) is 42.9 Å². The molecule has 2 aromatic carbocycles. The van der Waals surface area contributed by atoms with Crippen LogP contribution in [0.2, 0.25) is 0 Å². The lowest BCUT2D eigenvalue weighted by Gasteiger charge is -2.21. The van der Waals surface area contributed by atoms with Gasteiger partial charge in [-0.25, -0.2) is 0 Å². The molecule has 2 heteroatoms. The van der Waals surface area contributed by atoms with Crippen molar-refractivity contribution in [3.8, 4) is 0 Å². The smallest absolute Gasteiger partial charge is 0.224 e. The first-order valence-corrected chi connectivity index (χ1v) is 8.36. The van der Waals surface area contributed by atoms with E-state index in [0.29, 0.717) is 12.3 Å². The molecule has 0 aliphatic carbocycles. The van der Waals surface area contributed by atoms with Crippen molar-refractivity contribution in [3.63, 3.8) is 0 Å². The maximum Gasteiger partial charge on any atom is 0.224 e. The molecule has 2 rings (SSSR count). The highest BCUT2D eigenvalue weighted by Gasteiger charge is 2.16. The number of nitrogens with one attached hydrogen (secondary N) is 1. The summed E-state index contributed by atoms with van der Waals surface area (Å²) in [6.45, 7) is 8.52. The molecule has 0 aromatic heterocycles. The predicted molar refractivity (Wildman–Crippen MR) is 96.4 cm³/mol. The zero-order valence-corrected chi connectivity index (χ0v) is 14.6. The minimum absolute atomic E-state index is 0.0782. The molecule has 0 aliphatic heterocycles. The lowest BCUT2D eigenvalue weighted by molar-refractivity contribution is -0.121. The number of amides is 1. The standard InChI is InChI=1S/C21H27NO/c1-15(2)12-20(18-8-6-5-7-9-18)22-21(23)14-19-11-10-16(3)13-17(19)4/h5-11,13,15,20H,12,14H2,1-4H3,(H,22,23). The molecule has 122 valence electrons. The quantitative estimate of drug-likeness (QED) is 0.819. The Bertz CT molecular complexity index is 646. The van der Waals surface area contributed by atoms with Gasteiger partial charge in [-0.1, -0.05) is 67.9 Å². The van der Waals surface area contributed by atoms with Crippen LogP contribution in [0.5, 0.6) is 0 Å². The van der Waals surface area contributed by atoms with Gasteiger partial charge in [-0.2, -0.15) is 0 Å². The van der Waals surface area contributed by atoms with Crippen LogP contribution in [0, 0.1) is 19.8 Å². The van der Waals surface area contributed by atoms with Gasteiger partial charge < -0.3 is 5.32 Å². The van der Waals surface area contributed by atoms with E-state index in [2.05, 4.69) is 63.3 Å². The Hall–Kier alpha value is -2.09. The van der Waals surface area contributed by atoms with Crippen molar-refractivity contribution in [1.29, 1.82) is 0 Å². The third-order valence-electron chi connectivity index (χ3n) is 4.09. The second-order valence-electron chi connectivity index (χ2n) is 6.77. The SMILES string of the molecule is Cc1ccc(CC(=O)NC(CC(C)C)c2ccccc2)c(C)c1. The molecule has 0 aliphatic rings. The Morgan fingerprint density at radius 3 is 2.35 bits per heavy atom. The van der Waals surface area contributed by atoms with Crippen molar-refractivity contribution in [1.82, 2.24) is 5.32 Å². The summed E-state index contributed by atoms with van der Waals surface area (Å²) in [5.74, 6) is 0.619. The zero-order chi connectivity index (χ0) is 16.8. The molecule has 1 N–H and O–H groups in total. The molecule has 0 saturated heterocycles. The first-order chi connectivity index (χ1) is 11.0. The second-order valence-corrected chi connectivity index (χ2v) is 6.77. The number of rotatable bonds is 6. The van der Waals surface area contributed by atoms with E-state index in [9.17, 15) is 4.79 Å². The second kappa shape index (κ2) is 7.96. The Labute approximate surface area is 139 Å². The van der Waals surface area contributed by atoms with Crippen LogP contribution in [0.4, 0.5) is 0 Å². The summed E-state index contributed by atoms with van der Waals surface area (Å²) in [5.41, 5.74) is 4.69. The van der Waals surface area contributed by atoms with Gasteiger partial charge in [0.15, 0.2) is 0 Å². The van der Waals surface area contributed by atoms with Gasteiger partial charge >= 0.3 is 0 Å². The molecule has 0 fully saturated rings. The van der Waals surface area contributed by atoms with Crippen LogP contribution in [-0.2, 0) is 11.2 Å². The molecule has 0 spiro atoms. The van der Waals surface area contributed by atoms with Crippen molar-refractivity contribution in [2.45, 2.75) is 46.6 Å². The highest BCUT2D eigenvalue weighted by atomic mass is 16.1. The molecule has 0 heterocycles. The summed E-state index contributed by atoms with van der Waals surface area (Å²) < 4.78 is 0. The molecule has 1 atom stereocenters. The van der Waals surface area contributed by atoms with E-state index >= 15 is 0 Å². The van der Waals surface area contributed by atoms with Crippen LogP contribution < -0.4 is 5.32 Å². The lowest BCUT2D eigenvalue weighted by Crippen LogP contribution is -2.31. The summed E-state index contributed by atoms with van der Waals surface area (Å²) in [5, 5.41) is 3.22. The molecule has 0 radical (unpaired) electrons. The van der Waals surface area contributed by atoms with Gasteiger partial charge in [0.2, 0.25) is 5.91 Å². The molecular weight excluding hydrogens is 282 g/mol. The topological polar surface area (TPSA) is 29.1 Å². The lowest BCUT2D eigenvalue weighted by atomic mass is 9.96. The molecular formula is C21H27NO. The number of carbonyl (C=O) groups excluding carboxylic acids is 1.